The molecule has 0 unspecified atom stereocenters. The molecule has 1 amide bonds. The number of carbonyl (C=O) groups is 1. The molecule has 2 atom stereocenters. The van der Waals surface area contributed by atoms with Crippen LogP contribution >= 0.6 is 23.7 Å². The van der Waals surface area contributed by atoms with E-state index in [9.17, 15) is 18.0 Å². The first-order valence-corrected chi connectivity index (χ1v) is 8.94. The van der Waals surface area contributed by atoms with Gasteiger partial charge >= 0.3 is 6.18 Å². The topological polar surface area (TPSA) is 77.2 Å². The van der Waals surface area contributed by atoms with Crippen LogP contribution in [0.25, 0.3) is 0 Å². The van der Waals surface area contributed by atoms with E-state index in [-0.39, 0.29) is 24.4 Å². The number of nitrogens with two attached hydrogens (primary N) is 1. The maximum atomic E-state index is 12.8. The Hall–Kier alpha value is -1.68. The summed E-state index contributed by atoms with van der Waals surface area (Å²) in [4.78, 5) is 17.0. The lowest BCUT2D eigenvalue weighted by atomic mass is 10.1. The SMILES string of the molecule is Cl.NC[C@H]1CC[C@@H](C(=O)Nc2ncc(Cc3cccc(C(F)(F)F)c3)s2)O1. The molecule has 3 rings (SSSR count). The first-order valence-electron chi connectivity index (χ1n) is 8.12. The van der Waals surface area contributed by atoms with Gasteiger partial charge in [0, 0.05) is 24.0 Å². The minimum atomic E-state index is -4.37. The van der Waals surface area contributed by atoms with E-state index in [1.54, 1.807) is 12.3 Å². The summed E-state index contributed by atoms with van der Waals surface area (Å²) in [6, 6.07) is 5.18. The number of carbonyl (C=O) groups excluding carboxylic acids is 1. The highest BCUT2D eigenvalue weighted by atomic mass is 35.5. The lowest BCUT2D eigenvalue weighted by Gasteiger charge is -2.11. The average Bonchev–Trinajstić information content (AvgIpc) is 3.23. The van der Waals surface area contributed by atoms with E-state index in [0.717, 1.165) is 23.4 Å². The second-order valence-electron chi connectivity index (χ2n) is 6.06. The Morgan fingerprint density at radius 2 is 2.15 bits per heavy atom. The van der Waals surface area contributed by atoms with Crippen LogP contribution in [0.2, 0.25) is 0 Å². The molecule has 0 bridgehead atoms. The standard InChI is InChI=1S/C17H18F3N3O2S.ClH/c18-17(19,20)11-3-1-2-10(6-11)7-13-9-22-16(26-13)23-15(24)14-5-4-12(8-21)25-14;/h1-3,6,9,12,14H,4-5,7-8,21H2,(H,22,23,24);1H/t12-,14+;/m1./s1. The van der Waals surface area contributed by atoms with Crippen LogP contribution in [0.1, 0.15) is 28.8 Å². The van der Waals surface area contributed by atoms with Gasteiger partial charge in [0.2, 0.25) is 0 Å². The maximum Gasteiger partial charge on any atom is 0.416 e. The number of anilines is 1. The monoisotopic (exact) mass is 421 g/mol. The molecule has 0 saturated carbocycles. The summed E-state index contributed by atoms with van der Waals surface area (Å²) in [6.45, 7) is 0.377. The van der Waals surface area contributed by atoms with Crippen molar-refractivity contribution in [3.05, 3.63) is 46.5 Å². The quantitative estimate of drug-likeness (QED) is 0.773. The van der Waals surface area contributed by atoms with Gasteiger partial charge < -0.3 is 10.5 Å². The maximum absolute atomic E-state index is 12.8. The summed E-state index contributed by atoms with van der Waals surface area (Å²) < 4.78 is 43.9. The number of nitrogens with one attached hydrogen (secondary N) is 1. The molecule has 27 heavy (non-hydrogen) atoms. The number of rotatable bonds is 5. The highest BCUT2D eigenvalue weighted by Gasteiger charge is 2.31. The Bertz CT molecular complexity index is 785. The van der Waals surface area contributed by atoms with Crippen molar-refractivity contribution < 1.29 is 22.7 Å². The summed E-state index contributed by atoms with van der Waals surface area (Å²) in [7, 11) is 0. The third-order valence-electron chi connectivity index (χ3n) is 4.08. The molecule has 2 aromatic rings. The van der Waals surface area contributed by atoms with Crippen LogP contribution in [0.4, 0.5) is 18.3 Å². The summed E-state index contributed by atoms with van der Waals surface area (Å²) >= 11 is 1.23. The minimum Gasteiger partial charge on any atom is -0.364 e. The van der Waals surface area contributed by atoms with Crippen molar-refractivity contribution in [1.29, 1.82) is 0 Å². The van der Waals surface area contributed by atoms with Crippen molar-refractivity contribution in [1.82, 2.24) is 4.98 Å². The molecule has 10 heteroatoms. The predicted octanol–water partition coefficient (Wildman–Crippen LogP) is 3.62. The molecular formula is C17H19ClF3N3O2S. The van der Waals surface area contributed by atoms with Crippen molar-refractivity contribution in [3.8, 4) is 0 Å². The number of hydrogen-bond donors (Lipinski definition) is 2. The number of alkyl halides is 3. The number of amides is 1. The van der Waals surface area contributed by atoms with Gasteiger partial charge in [0.1, 0.15) is 6.10 Å². The molecule has 1 aromatic heterocycles. The Morgan fingerprint density at radius 1 is 1.37 bits per heavy atom. The molecule has 0 aliphatic carbocycles. The lowest BCUT2D eigenvalue weighted by Crippen LogP contribution is -2.29. The third-order valence-corrected chi connectivity index (χ3v) is 4.99. The second kappa shape index (κ2) is 9.01. The number of aromatic nitrogens is 1. The zero-order valence-corrected chi connectivity index (χ0v) is 15.8. The van der Waals surface area contributed by atoms with Crippen LogP contribution in [-0.2, 0) is 22.1 Å². The molecule has 0 radical (unpaired) electrons. The first kappa shape index (κ1) is 21.6. The molecule has 2 heterocycles. The molecule has 1 fully saturated rings. The molecule has 1 aliphatic heterocycles. The van der Waals surface area contributed by atoms with Crippen molar-refractivity contribution in [2.45, 2.75) is 37.6 Å². The van der Waals surface area contributed by atoms with Gasteiger partial charge in [-0.1, -0.05) is 18.2 Å². The van der Waals surface area contributed by atoms with Crippen molar-refractivity contribution in [3.63, 3.8) is 0 Å². The van der Waals surface area contributed by atoms with Crippen LogP contribution in [0.15, 0.2) is 30.5 Å². The van der Waals surface area contributed by atoms with Crippen LogP contribution < -0.4 is 11.1 Å². The van der Waals surface area contributed by atoms with Gasteiger partial charge in [-0.2, -0.15) is 13.2 Å². The largest absolute Gasteiger partial charge is 0.416 e. The Balaban J connectivity index is 0.00000261. The Labute approximate surface area is 164 Å². The molecular weight excluding hydrogens is 403 g/mol. The highest BCUT2D eigenvalue weighted by Crippen LogP contribution is 2.30. The summed E-state index contributed by atoms with van der Waals surface area (Å²) in [5.74, 6) is -0.277. The van der Waals surface area contributed by atoms with Crippen LogP contribution in [0.3, 0.4) is 0 Å². The van der Waals surface area contributed by atoms with E-state index in [2.05, 4.69) is 10.3 Å². The van der Waals surface area contributed by atoms with Crippen LogP contribution in [0.5, 0.6) is 0 Å². The summed E-state index contributed by atoms with van der Waals surface area (Å²) in [5, 5.41) is 3.09. The lowest BCUT2D eigenvalue weighted by molar-refractivity contribution is -0.137. The van der Waals surface area contributed by atoms with Crippen molar-refractivity contribution in [2.75, 3.05) is 11.9 Å². The zero-order chi connectivity index (χ0) is 18.7. The average molecular weight is 422 g/mol. The molecule has 3 N–H and O–H groups in total. The van der Waals surface area contributed by atoms with Gasteiger partial charge in [-0.05, 0) is 24.5 Å². The highest BCUT2D eigenvalue weighted by molar-refractivity contribution is 7.15. The normalized spacial score (nSPS) is 19.6. The van der Waals surface area contributed by atoms with Gasteiger partial charge in [-0.15, -0.1) is 23.7 Å². The predicted molar refractivity (Wildman–Crippen MR) is 99.2 cm³/mol. The van der Waals surface area contributed by atoms with Gasteiger partial charge in [0.05, 0.1) is 11.7 Å². The molecule has 1 saturated heterocycles. The first-order chi connectivity index (χ1) is 12.3. The Morgan fingerprint density at radius 3 is 2.81 bits per heavy atom. The van der Waals surface area contributed by atoms with Gasteiger partial charge in [-0.3, -0.25) is 10.1 Å². The summed E-state index contributed by atoms with van der Waals surface area (Å²) in [5.41, 5.74) is 5.38. The van der Waals surface area contributed by atoms with E-state index >= 15 is 0 Å². The van der Waals surface area contributed by atoms with E-state index in [0.29, 0.717) is 30.1 Å². The fourth-order valence-electron chi connectivity index (χ4n) is 2.76. The van der Waals surface area contributed by atoms with Crippen LogP contribution in [0, 0.1) is 0 Å². The molecule has 1 aliphatic rings. The second-order valence-corrected chi connectivity index (χ2v) is 7.17. The fraction of sp³-hybridized carbons (Fsp3) is 0.412. The van der Waals surface area contributed by atoms with Gasteiger partial charge in [0.15, 0.2) is 5.13 Å². The van der Waals surface area contributed by atoms with E-state index in [1.807, 2.05) is 0 Å². The van der Waals surface area contributed by atoms with E-state index in [4.69, 9.17) is 10.5 Å². The molecule has 5 nitrogen and oxygen atoms in total. The van der Waals surface area contributed by atoms with Crippen LogP contribution in [-0.4, -0.2) is 29.6 Å². The molecule has 1 aromatic carbocycles. The summed E-state index contributed by atoms with van der Waals surface area (Å²) in [6.07, 6.45) is -1.79. The third kappa shape index (κ3) is 5.65. The molecule has 0 spiro atoms. The minimum absolute atomic E-state index is 0. The van der Waals surface area contributed by atoms with Gasteiger partial charge in [-0.25, -0.2) is 4.98 Å². The Kier molecular flexibility index (Phi) is 7.21. The smallest absolute Gasteiger partial charge is 0.364 e. The van der Waals surface area contributed by atoms with Crippen molar-refractivity contribution >= 4 is 34.8 Å². The zero-order valence-electron chi connectivity index (χ0n) is 14.2. The van der Waals surface area contributed by atoms with Gasteiger partial charge in [0.25, 0.3) is 5.91 Å². The molecule has 148 valence electrons. The number of ether oxygens (including phenoxy) is 1. The van der Waals surface area contributed by atoms with Crippen molar-refractivity contribution in [2.24, 2.45) is 5.73 Å². The number of benzene rings is 1. The fourth-order valence-corrected chi connectivity index (χ4v) is 3.61. The van der Waals surface area contributed by atoms with E-state index in [1.165, 1.54) is 17.4 Å². The number of hydrogen-bond acceptors (Lipinski definition) is 5. The van der Waals surface area contributed by atoms with E-state index < -0.39 is 17.8 Å². The number of halogens is 4. The number of nitrogens with zero attached hydrogens (tertiary/aromatic N) is 1. The number of thiazole rings is 1.